The molecule has 0 spiro atoms. The van der Waals surface area contributed by atoms with Crippen LogP contribution in [0.25, 0.3) is 16.6 Å². The van der Waals surface area contributed by atoms with Crippen LogP contribution in [0, 0.1) is 11.3 Å². The van der Waals surface area contributed by atoms with Gasteiger partial charge in [-0.2, -0.15) is 10.4 Å². The zero-order chi connectivity index (χ0) is 20.1. The third kappa shape index (κ3) is 2.90. The van der Waals surface area contributed by atoms with Gasteiger partial charge in [0, 0.05) is 55.6 Å². The fourth-order valence-corrected chi connectivity index (χ4v) is 4.84. The van der Waals surface area contributed by atoms with Crippen LogP contribution >= 0.6 is 0 Å². The molecule has 2 bridgehead atoms. The van der Waals surface area contributed by atoms with E-state index in [-0.39, 0.29) is 0 Å². The number of ether oxygens (including phenoxy) is 1. The van der Waals surface area contributed by atoms with Crippen molar-refractivity contribution in [3.63, 3.8) is 0 Å². The first kappa shape index (κ1) is 17.7. The van der Waals surface area contributed by atoms with Gasteiger partial charge in [-0.3, -0.25) is 0 Å². The first-order chi connectivity index (χ1) is 14.8. The van der Waals surface area contributed by atoms with E-state index in [4.69, 9.17) is 9.72 Å². The molecule has 0 amide bonds. The zero-order valence-electron chi connectivity index (χ0n) is 16.7. The van der Waals surface area contributed by atoms with Crippen molar-refractivity contribution < 1.29 is 4.74 Å². The number of hydrogen-bond donors (Lipinski definition) is 1. The smallest absolute Gasteiger partial charge is 0.128 e. The molecule has 4 fully saturated rings. The van der Waals surface area contributed by atoms with Crippen molar-refractivity contribution in [1.29, 1.82) is 5.26 Å². The van der Waals surface area contributed by atoms with Crippen molar-refractivity contribution in [2.75, 3.05) is 49.2 Å². The Morgan fingerprint density at radius 3 is 2.60 bits per heavy atom. The van der Waals surface area contributed by atoms with Crippen LogP contribution in [-0.2, 0) is 4.74 Å². The average Bonchev–Trinajstić information content (AvgIpc) is 3.22. The average molecular weight is 401 g/mol. The summed E-state index contributed by atoms with van der Waals surface area (Å²) in [5.74, 6) is 1.02. The summed E-state index contributed by atoms with van der Waals surface area (Å²) in [7, 11) is 0. The summed E-state index contributed by atoms with van der Waals surface area (Å²) < 4.78 is 7.32. The van der Waals surface area contributed by atoms with Crippen molar-refractivity contribution in [2.45, 2.75) is 18.5 Å². The van der Waals surface area contributed by atoms with Crippen LogP contribution in [0.2, 0.25) is 0 Å². The second-order valence-corrected chi connectivity index (χ2v) is 8.28. The summed E-state index contributed by atoms with van der Waals surface area (Å²) in [4.78, 5) is 9.43. The minimum Gasteiger partial charge on any atom is -0.378 e. The maximum atomic E-state index is 9.60. The number of nitrogens with zero attached hydrogens (tertiary/aromatic N) is 6. The quantitative estimate of drug-likeness (QED) is 0.715. The highest BCUT2D eigenvalue weighted by Crippen LogP contribution is 2.32. The van der Waals surface area contributed by atoms with Gasteiger partial charge >= 0.3 is 0 Å². The SMILES string of the molecule is N#Cc1cnn2cc(N3CCOCC3)cc(-c3ccc(N4CC5CC(C4)N5)nc3)c12. The third-order valence-electron chi connectivity index (χ3n) is 6.40. The van der Waals surface area contributed by atoms with Gasteiger partial charge in [0.05, 0.1) is 42.4 Å². The maximum Gasteiger partial charge on any atom is 0.128 e. The highest BCUT2D eigenvalue weighted by molar-refractivity contribution is 5.86. The molecular formula is C22H23N7O. The van der Waals surface area contributed by atoms with E-state index in [1.165, 1.54) is 6.42 Å². The lowest BCUT2D eigenvalue weighted by atomic mass is 9.91. The number of hydrogen-bond acceptors (Lipinski definition) is 7. The van der Waals surface area contributed by atoms with Crippen LogP contribution in [-0.4, -0.2) is 66.1 Å². The van der Waals surface area contributed by atoms with Crippen LogP contribution in [0.15, 0.2) is 36.8 Å². The molecule has 8 heteroatoms. The van der Waals surface area contributed by atoms with Crippen molar-refractivity contribution in [1.82, 2.24) is 19.9 Å². The predicted octanol–water partition coefficient (Wildman–Crippen LogP) is 1.66. The molecule has 4 saturated heterocycles. The van der Waals surface area contributed by atoms with Crippen LogP contribution in [0.5, 0.6) is 0 Å². The van der Waals surface area contributed by atoms with Gasteiger partial charge < -0.3 is 19.9 Å². The molecule has 7 heterocycles. The lowest BCUT2D eigenvalue weighted by Crippen LogP contribution is -2.67. The summed E-state index contributed by atoms with van der Waals surface area (Å²) >= 11 is 0. The monoisotopic (exact) mass is 401 g/mol. The Hall–Kier alpha value is -3.15. The molecule has 3 aromatic heterocycles. The van der Waals surface area contributed by atoms with Crippen LogP contribution in [0.4, 0.5) is 11.5 Å². The molecule has 0 radical (unpaired) electrons. The molecule has 0 aromatic carbocycles. The topological polar surface area (TPSA) is 81.7 Å². The highest BCUT2D eigenvalue weighted by Gasteiger charge is 2.36. The summed E-state index contributed by atoms with van der Waals surface area (Å²) in [6.07, 6.45) is 6.84. The minimum atomic E-state index is 0.574. The van der Waals surface area contributed by atoms with Gasteiger partial charge in [0.1, 0.15) is 11.9 Å². The number of piperidine rings is 1. The summed E-state index contributed by atoms with van der Waals surface area (Å²) in [5, 5.41) is 17.6. The molecule has 1 N–H and O–H groups in total. The van der Waals surface area contributed by atoms with Gasteiger partial charge in [-0.25, -0.2) is 9.50 Å². The lowest BCUT2D eigenvalue weighted by Gasteiger charge is -2.48. The molecule has 152 valence electrons. The zero-order valence-corrected chi connectivity index (χ0v) is 16.7. The Labute approximate surface area is 174 Å². The van der Waals surface area contributed by atoms with Crippen molar-refractivity contribution in [3.05, 3.63) is 42.4 Å². The number of anilines is 2. The molecule has 0 aliphatic carbocycles. The Morgan fingerprint density at radius 1 is 1.10 bits per heavy atom. The number of rotatable bonds is 3. The van der Waals surface area contributed by atoms with Gasteiger partial charge in [-0.05, 0) is 24.6 Å². The van der Waals surface area contributed by atoms with E-state index in [1.54, 1.807) is 6.20 Å². The second-order valence-electron chi connectivity index (χ2n) is 8.28. The Balaban J connectivity index is 1.39. The standard InChI is InChI=1S/C22H23N7O/c23-9-16-11-25-29-14-19(27-3-5-30-6-4-27)8-20(22(16)29)15-1-2-21(24-10-15)28-12-17-7-18(13-28)26-17/h1-2,8,10-11,14,17-18,26H,3-7,12-13H2. The molecule has 4 aliphatic rings. The predicted molar refractivity (Wildman–Crippen MR) is 114 cm³/mol. The Kier molecular flexibility index (Phi) is 4.11. The van der Waals surface area contributed by atoms with Gasteiger partial charge in [-0.1, -0.05) is 0 Å². The van der Waals surface area contributed by atoms with E-state index >= 15 is 0 Å². The first-order valence-corrected chi connectivity index (χ1v) is 10.5. The van der Waals surface area contributed by atoms with Crippen molar-refractivity contribution in [3.8, 4) is 17.2 Å². The Bertz CT molecular complexity index is 1110. The van der Waals surface area contributed by atoms with Gasteiger partial charge in [0.15, 0.2) is 0 Å². The molecule has 0 saturated carbocycles. The minimum absolute atomic E-state index is 0.574. The first-order valence-electron chi connectivity index (χ1n) is 10.5. The van der Waals surface area contributed by atoms with Crippen LogP contribution < -0.4 is 15.1 Å². The molecule has 7 rings (SSSR count). The van der Waals surface area contributed by atoms with Gasteiger partial charge in [-0.15, -0.1) is 0 Å². The van der Waals surface area contributed by atoms with Crippen molar-refractivity contribution >= 4 is 17.0 Å². The summed E-state index contributed by atoms with van der Waals surface area (Å²) in [6.45, 7) is 5.17. The van der Waals surface area contributed by atoms with Crippen LogP contribution in [0.1, 0.15) is 12.0 Å². The normalized spacial score (nSPS) is 23.3. The van der Waals surface area contributed by atoms with E-state index in [1.807, 2.05) is 16.9 Å². The number of nitrogens with one attached hydrogen (secondary N) is 1. The number of aromatic nitrogens is 3. The van der Waals surface area contributed by atoms with Crippen LogP contribution in [0.3, 0.4) is 0 Å². The fraction of sp³-hybridized carbons (Fsp3) is 0.409. The number of nitriles is 1. The highest BCUT2D eigenvalue weighted by atomic mass is 16.5. The molecule has 30 heavy (non-hydrogen) atoms. The molecule has 8 nitrogen and oxygen atoms in total. The molecule has 3 aromatic rings. The molecule has 2 unspecified atom stereocenters. The molecule has 4 aliphatic heterocycles. The summed E-state index contributed by atoms with van der Waals surface area (Å²) in [6, 6.07) is 9.84. The van der Waals surface area contributed by atoms with E-state index in [9.17, 15) is 5.26 Å². The molecular weight excluding hydrogens is 378 g/mol. The molecule has 2 atom stereocenters. The number of morpholine rings is 1. The largest absolute Gasteiger partial charge is 0.378 e. The summed E-state index contributed by atoms with van der Waals surface area (Å²) in [5.41, 5.74) is 4.46. The fourth-order valence-electron chi connectivity index (χ4n) is 4.84. The Morgan fingerprint density at radius 2 is 1.90 bits per heavy atom. The van der Waals surface area contributed by atoms with E-state index < -0.39 is 0 Å². The van der Waals surface area contributed by atoms with Crippen molar-refractivity contribution in [2.24, 2.45) is 0 Å². The van der Waals surface area contributed by atoms with E-state index in [2.05, 4.69) is 44.5 Å². The number of pyridine rings is 2. The third-order valence-corrected chi connectivity index (χ3v) is 6.40. The van der Waals surface area contributed by atoms with E-state index in [0.29, 0.717) is 17.6 Å². The number of fused-ring (bicyclic) bond motifs is 3. The second kappa shape index (κ2) is 6.97. The van der Waals surface area contributed by atoms with Gasteiger partial charge in [0.2, 0.25) is 0 Å². The van der Waals surface area contributed by atoms with Gasteiger partial charge in [0.25, 0.3) is 0 Å². The lowest BCUT2D eigenvalue weighted by molar-refractivity contribution is 0.122. The number of piperazine rings is 1. The van der Waals surface area contributed by atoms with E-state index in [0.717, 1.165) is 67.5 Å². The maximum absolute atomic E-state index is 9.60.